The zero-order valence-corrected chi connectivity index (χ0v) is 15.4. The molecule has 1 atom stereocenters. The molecular formula is C22H25F3N2. The minimum Gasteiger partial charge on any atom is -0.369 e. The van der Waals surface area contributed by atoms with E-state index in [2.05, 4.69) is 11.4 Å². The monoisotopic (exact) mass is 374 g/mol. The van der Waals surface area contributed by atoms with E-state index in [0.717, 1.165) is 56.0 Å². The summed E-state index contributed by atoms with van der Waals surface area (Å²) in [5, 5.41) is 3.37. The second-order valence-corrected chi connectivity index (χ2v) is 7.66. The molecule has 1 unspecified atom stereocenters. The van der Waals surface area contributed by atoms with Crippen molar-refractivity contribution in [3.05, 3.63) is 65.0 Å². The predicted molar refractivity (Wildman–Crippen MR) is 102 cm³/mol. The van der Waals surface area contributed by atoms with Crippen molar-refractivity contribution in [3.8, 4) is 0 Å². The lowest BCUT2D eigenvalue weighted by Crippen LogP contribution is -2.34. The summed E-state index contributed by atoms with van der Waals surface area (Å²) in [6, 6.07) is 9.96. The molecule has 27 heavy (non-hydrogen) atoms. The maximum absolute atomic E-state index is 14.8. The number of nitrogens with zero attached hydrogens (tertiary/aromatic N) is 1. The molecule has 2 saturated heterocycles. The van der Waals surface area contributed by atoms with Crippen LogP contribution in [0.15, 0.2) is 36.4 Å². The second-order valence-electron chi connectivity index (χ2n) is 7.66. The standard InChI is InChI=1S/C22H25F3N2/c23-19-4-1-5-21(22(19)25)27-11-8-15(9-12-27)18-7-6-16(13-20(18)24)17-3-2-10-26-14-17/h1,4-7,13,15,17,26H,2-3,8-12,14H2. The molecule has 2 heterocycles. The van der Waals surface area contributed by atoms with Crippen molar-refractivity contribution < 1.29 is 13.2 Å². The lowest BCUT2D eigenvalue weighted by Gasteiger charge is -2.34. The summed E-state index contributed by atoms with van der Waals surface area (Å²) in [6.07, 6.45) is 3.70. The van der Waals surface area contributed by atoms with Crippen LogP contribution in [-0.2, 0) is 0 Å². The van der Waals surface area contributed by atoms with E-state index in [-0.39, 0.29) is 11.7 Å². The zero-order chi connectivity index (χ0) is 18.8. The van der Waals surface area contributed by atoms with Crippen molar-refractivity contribution >= 4 is 5.69 Å². The minimum absolute atomic E-state index is 0.122. The van der Waals surface area contributed by atoms with Crippen LogP contribution < -0.4 is 10.2 Å². The van der Waals surface area contributed by atoms with Crippen molar-refractivity contribution in [3.63, 3.8) is 0 Å². The van der Waals surface area contributed by atoms with Gasteiger partial charge in [-0.25, -0.2) is 13.2 Å². The first-order valence-corrected chi connectivity index (χ1v) is 9.82. The SMILES string of the molecule is Fc1cc(C2CCCNC2)ccc1C1CCN(c2cccc(F)c2F)CC1. The molecule has 1 N–H and O–H groups in total. The number of piperidine rings is 2. The van der Waals surface area contributed by atoms with Crippen LogP contribution in [0.3, 0.4) is 0 Å². The molecule has 0 spiro atoms. The third kappa shape index (κ3) is 3.84. The molecule has 2 aromatic rings. The Hall–Kier alpha value is -2.01. The Labute approximate surface area is 158 Å². The molecular weight excluding hydrogens is 349 g/mol. The number of halogens is 3. The molecule has 2 aliphatic heterocycles. The van der Waals surface area contributed by atoms with Crippen molar-refractivity contribution in [2.24, 2.45) is 0 Å². The number of rotatable bonds is 3. The molecule has 2 aliphatic rings. The largest absolute Gasteiger partial charge is 0.369 e. The van der Waals surface area contributed by atoms with Gasteiger partial charge in [-0.15, -0.1) is 0 Å². The number of hydrogen-bond acceptors (Lipinski definition) is 2. The van der Waals surface area contributed by atoms with E-state index in [1.54, 1.807) is 12.1 Å². The van der Waals surface area contributed by atoms with Gasteiger partial charge in [-0.3, -0.25) is 0 Å². The summed E-state index contributed by atoms with van der Waals surface area (Å²) >= 11 is 0. The Bertz CT molecular complexity index is 794. The highest BCUT2D eigenvalue weighted by Crippen LogP contribution is 2.34. The van der Waals surface area contributed by atoms with Gasteiger partial charge in [0.25, 0.3) is 0 Å². The number of benzene rings is 2. The van der Waals surface area contributed by atoms with Crippen molar-refractivity contribution in [1.29, 1.82) is 0 Å². The number of nitrogens with one attached hydrogen (secondary N) is 1. The fraction of sp³-hybridized carbons (Fsp3) is 0.455. The lowest BCUT2D eigenvalue weighted by molar-refractivity contribution is 0.454. The van der Waals surface area contributed by atoms with Crippen LogP contribution in [-0.4, -0.2) is 26.2 Å². The Morgan fingerprint density at radius 3 is 2.41 bits per heavy atom. The van der Waals surface area contributed by atoms with Gasteiger partial charge in [0.2, 0.25) is 0 Å². The van der Waals surface area contributed by atoms with Crippen molar-refractivity contribution in [2.45, 2.75) is 37.5 Å². The zero-order valence-electron chi connectivity index (χ0n) is 15.4. The summed E-state index contributed by atoms with van der Waals surface area (Å²) in [5.74, 6) is -1.24. The van der Waals surface area contributed by atoms with Gasteiger partial charge >= 0.3 is 0 Å². The van der Waals surface area contributed by atoms with E-state index in [4.69, 9.17) is 0 Å². The van der Waals surface area contributed by atoms with Gasteiger partial charge in [0.05, 0.1) is 5.69 Å². The topological polar surface area (TPSA) is 15.3 Å². The van der Waals surface area contributed by atoms with Crippen molar-refractivity contribution in [1.82, 2.24) is 5.32 Å². The Balaban J connectivity index is 1.44. The van der Waals surface area contributed by atoms with E-state index < -0.39 is 11.6 Å². The predicted octanol–water partition coefficient (Wildman–Crippen LogP) is 4.95. The fourth-order valence-electron chi connectivity index (χ4n) is 4.43. The summed E-state index contributed by atoms with van der Waals surface area (Å²) in [6.45, 7) is 3.15. The molecule has 0 amide bonds. The van der Waals surface area contributed by atoms with Crippen molar-refractivity contribution in [2.75, 3.05) is 31.1 Å². The molecule has 0 aromatic heterocycles. The first-order valence-electron chi connectivity index (χ1n) is 9.82. The molecule has 5 heteroatoms. The maximum atomic E-state index is 14.8. The summed E-state index contributed by atoms with van der Waals surface area (Å²) in [4.78, 5) is 1.86. The molecule has 0 aliphatic carbocycles. The van der Waals surface area contributed by atoms with E-state index >= 15 is 0 Å². The third-order valence-corrected chi connectivity index (χ3v) is 6.00. The van der Waals surface area contributed by atoms with Crippen LogP contribution in [0.1, 0.15) is 48.6 Å². The van der Waals surface area contributed by atoms with Gasteiger partial charge in [0.1, 0.15) is 5.82 Å². The van der Waals surface area contributed by atoms with Crippen LogP contribution in [0.25, 0.3) is 0 Å². The highest BCUT2D eigenvalue weighted by Gasteiger charge is 2.26. The maximum Gasteiger partial charge on any atom is 0.182 e. The lowest BCUT2D eigenvalue weighted by atomic mass is 9.85. The van der Waals surface area contributed by atoms with E-state index in [1.165, 1.54) is 6.07 Å². The van der Waals surface area contributed by atoms with Gasteiger partial charge in [-0.2, -0.15) is 0 Å². The van der Waals surface area contributed by atoms with Crippen LogP contribution >= 0.6 is 0 Å². The average Bonchev–Trinajstić information content (AvgIpc) is 2.71. The molecule has 2 fully saturated rings. The number of hydrogen-bond donors (Lipinski definition) is 1. The molecule has 2 aromatic carbocycles. The van der Waals surface area contributed by atoms with Gasteiger partial charge < -0.3 is 10.2 Å². The molecule has 0 saturated carbocycles. The average molecular weight is 374 g/mol. The summed E-state index contributed by atoms with van der Waals surface area (Å²) in [7, 11) is 0. The van der Waals surface area contributed by atoms with Crippen LogP contribution in [0, 0.1) is 17.5 Å². The summed E-state index contributed by atoms with van der Waals surface area (Å²) < 4.78 is 42.3. The van der Waals surface area contributed by atoms with Crippen LogP contribution in [0.5, 0.6) is 0 Å². The summed E-state index contributed by atoms with van der Waals surface area (Å²) in [5.41, 5.74) is 2.12. The third-order valence-electron chi connectivity index (χ3n) is 6.00. The highest BCUT2D eigenvalue weighted by molar-refractivity contribution is 5.48. The Morgan fingerprint density at radius 1 is 0.889 bits per heavy atom. The fourth-order valence-corrected chi connectivity index (χ4v) is 4.43. The quantitative estimate of drug-likeness (QED) is 0.817. The van der Waals surface area contributed by atoms with Gasteiger partial charge in [0.15, 0.2) is 11.6 Å². The first kappa shape index (κ1) is 18.4. The second kappa shape index (κ2) is 7.93. The van der Waals surface area contributed by atoms with Crippen LogP contribution in [0.4, 0.5) is 18.9 Å². The van der Waals surface area contributed by atoms with E-state index in [1.807, 2.05) is 11.0 Å². The smallest absolute Gasteiger partial charge is 0.182 e. The first-order chi connectivity index (χ1) is 13.1. The molecule has 144 valence electrons. The Morgan fingerprint density at radius 2 is 1.70 bits per heavy atom. The molecule has 2 nitrogen and oxygen atoms in total. The number of anilines is 1. The van der Waals surface area contributed by atoms with E-state index in [9.17, 15) is 13.2 Å². The normalized spacial score (nSPS) is 21.4. The van der Waals surface area contributed by atoms with Crippen LogP contribution in [0.2, 0.25) is 0 Å². The van der Waals surface area contributed by atoms with Gasteiger partial charge in [-0.05, 0) is 73.4 Å². The highest BCUT2D eigenvalue weighted by atomic mass is 19.2. The van der Waals surface area contributed by atoms with Gasteiger partial charge in [-0.1, -0.05) is 18.2 Å². The molecule has 0 radical (unpaired) electrons. The Kier molecular flexibility index (Phi) is 5.39. The minimum atomic E-state index is -0.826. The van der Waals surface area contributed by atoms with Gasteiger partial charge in [0, 0.05) is 19.6 Å². The molecule has 4 rings (SSSR count). The van der Waals surface area contributed by atoms with E-state index in [0.29, 0.717) is 24.7 Å². The molecule has 0 bridgehead atoms.